The molecule has 3 aliphatic rings. The molecule has 4 rings (SSSR count). The molecule has 0 aromatic heterocycles. The van der Waals surface area contributed by atoms with E-state index in [4.69, 9.17) is 0 Å². The predicted octanol–water partition coefficient (Wildman–Crippen LogP) is 4.81. The first kappa shape index (κ1) is 16.8. The fourth-order valence-electron chi connectivity index (χ4n) is 3.89. The Morgan fingerprint density at radius 1 is 0.923 bits per heavy atom. The van der Waals surface area contributed by atoms with Gasteiger partial charge in [-0.15, -0.1) is 0 Å². The van der Waals surface area contributed by atoms with E-state index in [0.29, 0.717) is 11.8 Å². The number of benzene rings is 1. The molecule has 0 spiro atoms. The van der Waals surface area contributed by atoms with Crippen LogP contribution in [0.4, 0.5) is 5.69 Å². The third kappa shape index (κ3) is 3.22. The normalized spacial score (nSPS) is 24.9. The second-order valence-electron chi connectivity index (χ2n) is 7.45. The van der Waals surface area contributed by atoms with Crippen molar-refractivity contribution in [2.24, 2.45) is 5.92 Å². The lowest BCUT2D eigenvalue weighted by Gasteiger charge is -2.37. The minimum Gasteiger partial charge on any atom is -0.357 e. The van der Waals surface area contributed by atoms with Crippen molar-refractivity contribution in [3.05, 3.63) is 90.6 Å². The minimum absolute atomic E-state index is 0.249. The number of rotatable bonds is 3. The molecule has 3 nitrogen and oxygen atoms in total. The summed E-state index contributed by atoms with van der Waals surface area (Å²) in [4.78, 5) is 6.76. The molecule has 3 heteroatoms. The second kappa shape index (κ2) is 6.91. The van der Waals surface area contributed by atoms with Gasteiger partial charge in [0.1, 0.15) is 6.17 Å². The molecule has 26 heavy (non-hydrogen) atoms. The van der Waals surface area contributed by atoms with E-state index in [1.165, 1.54) is 16.8 Å². The zero-order valence-corrected chi connectivity index (χ0v) is 15.8. The minimum atomic E-state index is 0.249. The number of para-hydroxylation sites is 1. The van der Waals surface area contributed by atoms with Crippen LogP contribution in [0.5, 0.6) is 0 Å². The van der Waals surface area contributed by atoms with Gasteiger partial charge in [-0.2, -0.15) is 0 Å². The Morgan fingerprint density at radius 2 is 1.69 bits per heavy atom. The maximum atomic E-state index is 2.32. The van der Waals surface area contributed by atoms with Gasteiger partial charge in [-0.05, 0) is 35.6 Å². The van der Waals surface area contributed by atoms with Crippen molar-refractivity contribution in [1.29, 1.82) is 0 Å². The molecule has 0 radical (unpaired) electrons. The number of fused-ring (bicyclic) bond motifs is 1. The van der Waals surface area contributed by atoms with Crippen LogP contribution in [0, 0.1) is 5.92 Å². The molecule has 0 saturated heterocycles. The average Bonchev–Trinajstić information content (AvgIpc) is 2.65. The fourth-order valence-corrected chi connectivity index (χ4v) is 3.89. The van der Waals surface area contributed by atoms with Crippen LogP contribution < -0.4 is 4.90 Å². The highest BCUT2D eigenvalue weighted by Crippen LogP contribution is 2.37. The smallest absolute Gasteiger partial charge is 0.124 e. The van der Waals surface area contributed by atoms with Crippen molar-refractivity contribution < 1.29 is 0 Å². The number of allylic oxidation sites excluding steroid dienone is 5. The number of likely N-dealkylation sites (N-methyl/N-ethyl adjacent to an activating group) is 1. The van der Waals surface area contributed by atoms with Gasteiger partial charge < -0.3 is 14.7 Å². The number of anilines is 1. The molecule has 1 aromatic carbocycles. The molecule has 0 saturated carbocycles. The molecular weight excluding hydrogens is 318 g/mol. The molecule has 3 aliphatic heterocycles. The van der Waals surface area contributed by atoms with Crippen LogP contribution in [0.25, 0.3) is 0 Å². The third-order valence-electron chi connectivity index (χ3n) is 5.41. The van der Waals surface area contributed by atoms with Crippen molar-refractivity contribution in [2.75, 3.05) is 19.0 Å². The van der Waals surface area contributed by atoms with Gasteiger partial charge in [-0.25, -0.2) is 0 Å². The molecule has 0 bridgehead atoms. The quantitative estimate of drug-likeness (QED) is 0.778. The largest absolute Gasteiger partial charge is 0.357 e. The van der Waals surface area contributed by atoms with Crippen molar-refractivity contribution in [3.63, 3.8) is 0 Å². The molecule has 134 valence electrons. The highest BCUT2D eigenvalue weighted by Gasteiger charge is 2.23. The Bertz CT molecular complexity index is 800. The van der Waals surface area contributed by atoms with Gasteiger partial charge >= 0.3 is 0 Å². The van der Waals surface area contributed by atoms with Gasteiger partial charge in [0.2, 0.25) is 0 Å². The monoisotopic (exact) mass is 345 g/mol. The van der Waals surface area contributed by atoms with Crippen LogP contribution in [-0.2, 0) is 0 Å². The van der Waals surface area contributed by atoms with Crippen molar-refractivity contribution in [3.8, 4) is 0 Å². The first-order valence-electron chi connectivity index (χ1n) is 9.37. The van der Waals surface area contributed by atoms with E-state index in [0.717, 1.165) is 6.42 Å². The average molecular weight is 345 g/mol. The van der Waals surface area contributed by atoms with E-state index in [9.17, 15) is 0 Å². The van der Waals surface area contributed by atoms with Crippen LogP contribution in [0.3, 0.4) is 0 Å². The van der Waals surface area contributed by atoms with Gasteiger partial charge in [-0.3, -0.25) is 0 Å². The Morgan fingerprint density at radius 3 is 2.46 bits per heavy atom. The highest BCUT2D eigenvalue weighted by molar-refractivity contribution is 5.60. The zero-order chi connectivity index (χ0) is 18.1. The summed E-state index contributed by atoms with van der Waals surface area (Å²) in [6.07, 6.45) is 21.5. The Labute approximate surface area is 156 Å². The van der Waals surface area contributed by atoms with E-state index in [-0.39, 0.29) is 6.17 Å². The first-order valence-corrected chi connectivity index (χ1v) is 9.37. The maximum absolute atomic E-state index is 2.32. The van der Waals surface area contributed by atoms with E-state index in [1.54, 1.807) is 0 Å². The molecule has 2 unspecified atom stereocenters. The van der Waals surface area contributed by atoms with Gasteiger partial charge in [0.15, 0.2) is 0 Å². The SMILES string of the molecule is CC1C=CN(C2C=CC(CC3C=CN(C)c4ccccc43)=CN2C)C=C1. The predicted molar refractivity (Wildman–Crippen MR) is 109 cm³/mol. The van der Waals surface area contributed by atoms with E-state index >= 15 is 0 Å². The standard InChI is InChI=1S/C23H27N3/c1-18-10-14-26(15-11-18)23-9-8-19(17-25(23)3)16-20-12-13-24(2)22-7-5-4-6-21(20)22/h4-15,17-18,20,23H,16H2,1-3H3. The summed E-state index contributed by atoms with van der Waals surface area (Å²) in [5.41, 5.74) is 4.09. The van der Waals surface area contributed by atoms with E-state index in [2.05, 4.69) is 115 Å². The molecule has 0 fully saturated rings. The van der Waals surface area contributed by atoms with Crippen LogP contribution in [0.1, 0.15) is 24.8 Å². The van der Waals surface area contributed by atoms with Crippen LogP contribution in [0.15, 0.2) is 85.0 Å². The highest BCUT2D eigenvalue weighted by atomic mass is 15.3. The molecule has 0 amide bonds. The Hall–Kier alpha value is -2.68. The summed E-state index contributed by atoms with van der Waals surface area (Å²) in [7, 11) is 4.27. The first-order chi connectivity index (χ1) is 12.6. The van der Waals surface area contributed by atoms with E-state index in [1.807, 2.05) is 0 Å². The Kier molecular flexibility index (Phi) is 4.46. The van der Waals surface area contributed by atoms with Gasteiger partial charge in [0, 0.05) is 50.5 Å². The fraction of sp³-hybridized carbons (Fsp3) is 0.304. The summed E-state index contributed by atoms with van der Waals surface area (Å²) in [6, 6.07) is 8.71. The lowest BCUT2D eigenvalue weighted by atomic mass is 9.88. The van der Waals surface area contributed by atoms with Crippen LogP contribution >= 0.6 is 0 Å². The topological polar surface area (TPSA) is 9.72 Å². The summed E-state index contributed by atoms with van der Waals surface area (Å²) < 4.78 is 0. The molecule has 0 aliphatic carbocycles. The maximum Gasteiger partial charge on any atom is 0.124 e. The van der Waals surface area contributed by atoms with Crippen LogP contribution in [-0.4, -0.2) is 30.1 Å². The lowest BCUT2D eigenvalue weighted by Crippen LogP contribution is -2.39. The molecular formula is C23H27N3. The molecule has 1 aromatic rings. The third-order valence-corrected chi connectivity index (χ3v) is 5.41. The van der Waals surface area contributed by atoms with Crippen LogP contribution in [0.2, 0.25) is 0 Å². The Balaban J connectivity index is 1.48. The van der Waals surface area contributed by atoms with Crippen molar-refractivity contribution in [1.82, 2.24) is 9.80 Å². The molecule has 3 heterocycles. The van der Waals surface area contributed by atoms with Gasteiger partial charge in [0.05, 0.1) is 0 Å². The number of nitrogens with zero attached hydrogens (tertiary/aromatic N) is 3. The van der Waals surface area contributed by atoms with E-state index < -0.39 is 0 Å². The second-order valence-corrected chi connectivity index (χ2v) is 7.45. The van der Waals surface area contributed by atoms with Gasteiger partial charge in [0.25, 0.3) is 0 Å². The van der Waals surface area contributed by atoms with Crippen molar-refractivity contribution >= 4 is 5.69 Å². The molecule has 0 N–H and O–H groups in total. The summed E-state index contributed by atoms with van der Waals surface area (Å²) in [6.45, 7) is 2.20. The van der Waals surface area contributed by atoms with Crippen molar-refractivity contribution in [2.45, 2.75) is 25.4 Å². The van der Waals surface area contributed by atoms with Gasteiger partial charge in [-0.1, -0.05) is 49.4 Å². The zero-order valence-electron chi connectivity index (χ0n) is 15.8. The number of hydrogen-bond donors (Lipinski definition) is 0. The summed E-state index contributed by atoms with van der Waals surface area (Å²) >= 11 is 0. The lowest BCUT2D eigenvalue weighted by molar-refractivity contribution is 0.228. The summed E-state index contributed by atoms with van der Waals surface area (Å²) in [5, 5.41) is 0. The summed E-state index contributed by atoms with van der Waals surface area (Å²) in [5.74, 6) is 0.949. The number of hydrogen-bond acceptors (Lipinski definition) is 3. The molecule has 2 atom stereocenters.